The molecule has 0 spiro atoms. The highest BCUT2D eigenvalue weighted by molar-refractivity contribution is 5.98. The predicted octanol–water partition coefficient (Wildman–Crippen LogP) is 4.75. The average molecular weight is 392 g/mol. The molecule has 3 aliphatic heterocycles. The lowest BCUT2D eigenvalue weighted by molar-refractivity contribution is -0.0441. The number of rotatable bonds is 5. The first-order chi connectivity index (χ1) is 14.3. The van der Waals surface area contributed by atoms with Gasteiger partial charge in [0.05, 0.1) is 13.2 Å². The number of hydrogen-bond acceptors (Lipinski definition) is 4. The van der Waals surface area contributed by atoms with E-state index in [4.69, 9.17) is 9.47 Å². The predicted molar refractivity (Wildman–Crippen MR) is 112 cm³/mol. The minimum atomic E-state index is -0.278. The van der Waals surface area contributed by atoms with Crippen molar-refractivity contribution in [3.05, 3.63) is 71.3 Å². The average Bonchev–Trinajstić information content (AvgIpc) is 3.29. The van der Waals surface area contributed by atoms with E-state index in [1.165, 1.54) is 24.8 Å². The fourth-order valence-corrected chi connectivity index (χ4v) is 5.34. The van der Waals surface area contributed by atoms with E-state index < -0.39 is 0 Å². The van der Waals surface area contributed by atoms with Crippen LogP contribution in [0.5, 0.6) is 0 Å². The van der Waals surface area contributed by atoms with Crippen molar-refractivity contribution in [1.29, 1.82) is 0 Å². The molecule has 0 radical (unpaired) electrons. The smallest absolute Gasteiger partial charge is 0.184 e. The van der Waals surface area contributed by atoms with Crippen molar-refractivity contribution in [2.45, 2.75) is 57.0 Å². The fraction of sp³-hybridized carbons (Fsp3) is 0.480. The van der Waals surface area contributed by atoms with Gasteiger partial charge in [0.1, 0.15) is 0 Å². The van der Waals surface area contributed by atoms with E-state index in [-0.39, 0.29) is 12.2 Å². The third kappa shape index (κ3) is 4.02. The van der Waals surface area contributed by atoms with Crippen LogP contribution in [-0.2, 0) is 16.0 Å². The van der Waals surface area contributed by atoms with Crippen molar-refractivity contribution in [3.63, 3.8) is 0 Å². The van der Waals surface area contributed by atoms with Crippen molar-refractivity contribution in [3.8, 4) is 0 Å². The van der Waals surface area contributed by atoms with Gasteiger partial charge in [-0.2, -0.15) is 0 Å². The summed E-state index contributed by atoms with van der Waals surface area (Å²) in [7, 11) is 0. The van der Waals surface area contributed by atoms with Gasteiger partial charge in [0.25, 0.3) is 0 Å². The highest BCUT2D eigenvalue weighted by atomic mass is 16.7. The lowest BCUT2D eigenvalue weighted by Gasteiger charge is -2.48. The van der Waals surface area contributed by atoms with E-state index in [0.29, 0.717) is 31.1 Å². The molecule has 0 aromatic heterocycles. The molecule has 3 aliphatic rings. The highest BCUT2D eigenvalue weighted by Gasteiger charge is 2.40. The molecule has 0 saturated carbocycles. The highest BCUT2D eigenvalue weighted by Crippen LogP contribution is 2.39. The molecular formula is C25H29NO3. The number of Topliss-reactive ketones (excluding diaryl/α,β-unsaturated/α-hetero) is 1. The van der Waals surface area contributed by atoms with E-state index in [1.54, 1.807) is 0 Å². The van der Waals surface area contributed by atoms with Crippen LogP contribution in [0.25, 0.3) is 0 Å². The van der Waals surface area contributed by atoms with E-state index in [2.05, 4.69) is 35.2 Å². The Morgan fingerprint density at radius 3 is 2.21 bits per heavy atom. The van der Waals surface area contributed by atoms with Gasteiger partial charge in [-0.1, -0.05) is 61.0 Å². The maximum Gasteiger partial charge on any atom is 0.184 e. The second kappa shape index (κ2) is 8.39. The number of carbonyl (C=O) groups is 1. The van der Waals surface area contributed by atoms with Crippen molar-refractivity contribution in [1.82, 2.24) is 4.90 Å². The van der Waals surface area contributed by atoms with Gasteiger partial charge in [0, 0.05) is 35.7 Å². The molecule has 4 nitrogen and oxygen atoms in total. The Morgan fingerprint density at radius 2 is 1.55 bits per heavy atom. The topological polar surface area (TPSA) is 38.8 Å². The van der Waals surface area contributed by atoms with Crippen LogP contribution in [0.3, 0.4) is 0 Å². The number of fused-ring (bicyclic) bond motifs is 2. The summed E-state index contributed by atoms with van der Waals surface area (Å²) < 4.78 is 11.1. The van der Waals surface area contributed by atoms with E-state index in [9.17, 15) is 4.79 Å². The monoisotopic (exact) mass is 391 g/mol. The Hall–Kier alpha value is -2.01. The minimum Gasteiger partial charge on any atom is -0.346 e. The van der Waals surface area contributed by atoms with Crippen LogP contribution in [0.4, 0.5) is 0 Å². The number of piperidine rings is 2. The Bertz CT molecular complexity index is 815. The third-order valence-corrected chi connectivity index (χ3v) is 6.79. The largest absolute Gasteiger partial charge is 0.346 e. The Morgan fingerprint density at radius 1 is 0.897 bits per heavy atom. The van der Waals surface area contributed by atoms with Crippen LogP contribution in [-0.4, -0.2) is 36.0 Å². The molecule has 4 heteroatoms. The molecule has 2 bridgehead atoms. The van der Waals surface area contributed by atoms with Crippen LogP contribution >= 0.6 is 0 Å². The molecule has 152 valence electrons. The SMILES string of the molecule is O=C(c1ccc(C2OCCO2)cc1)C1CC2CCCC(C1)N2Cc1ccccc1. The molecule has 3 fully saturated rings. The Balaban J connectivity index is 1.27. The summed E-state index contributed by atoms with van der Waals surface area (Å²) in [5, 5.41) is 0. The van der Waals surface area contributed by atoms with Crippen molar-refractivity contribution in [2.24, 2.45) is 5.92 Å². The Labute approximate surface area is 172 Å². The van der Waals surface area contributed by atoms with Crippen LogP contribution < -0.4 is 0 Å². The van der Waals surface area contributed by atoms with Gasteiger partial charge in [0.2, 0.25) is 0 Å². The zero-order valence-corrected chi connectivity index (χ0v) is 16.8. The number of ketones is 1. The van der Waals surface area contributed by atoms with Gasteiger partial charge in [0.15, 0.2) is 12.1 Å². The summed E-state index contributed by atoms with van der Waals surface area (Å²) in [6, 6.07) is 19.7. The minimum absolute atomic E-state index is 0.141. The number of ether oxygens (including phenoxy) is 2. The molecule has 0 amide bonds. The van der Waals surface area contributed by atoms with E-state index in [1.807, 2.05) is 24.3 Å². The second-order valence-electron chi connectivity index (χ2n) is 8.62. The Kier molecular flexibility index (Phi) is 5.49. The maximum absolute atomic E-state index is 13.2. The van der Waals surface area contributed by atoms with Crippen LogP contribution in [0, 0.1) is 5.92 Å². The normalized spacial score (nSPS) is 27.8. The second-order valence-corrected chi connectivity index (χ2v) is 8.62. The molecule has 2 unspecified atom stereocenters. The van der Waals surface area contributed by atoms with Crippen molar-refractivity contribution in [2.75, 3.05) is 13.2 Å². The van der Waals surface area contributed by atoms with Gasteiger partial charge < -0.3 is 9.47 Å². The molecule has 0 aliphatic carbocycles. The first kappa shape index (κ1) is 19.0. The molecular weight excluding hydrogens is 362 g/mol. The van der Waals surface area contributed by atoms with E-state index >= 15 is 0 Å². The quantitative estimate of drug-likeness (QED) is 0.690. The first-order valence-electron chi connectivity index (χ1n) is 10.9. The third-order valence-electron chi connectivity index (χ3n) is 6.79. The zero-order chi connectivity index (χ0) is 19.6. The standard InChI is InChI=1S/C25H29NO3/c27-24(19-9-11-20(12-10-19)25-28-13-14-29-25)21-15-22-7-4-8-23(16-21)26(22)17-18-5-2-1-3-6-18/h1-3,5-6,9-12,21-23,25H,4,7-8,13-17H2. The first-order valence-corrected chi connectivity index (χ1v) is 10.9. The van der Waals surface area contributed by atoms with Crippen LogP contribution in [0.1, 0.15) is 59.9 Å². The molecule has 29 heavy (non-hydrogen) atoms. The number of nitrogens with zero attached hydrogens (tertiary/aromatic N) is 1. The lowest BCUT2D eigenvalue weighted by Crippen LogP contribution is -2.52. The summed E-state index contributed by atoms with van der Waals surface area (Å²) in [5.41, 5.74) is 3.20. The van der Waals surface area contributed by atoms with Crippen molar-refractivity contribution < 1.29 is 14.3 Å². The lowest BCUT2D eigenvalue weighted by atomic mass is 9.75. The zero-order valence-electron chi connectivity index (χ0n) is 16.8. The molecule has 5 rings (SSSR count). The molecule has 2 aromatic rings. The van der Waals surface area contributed by atoms with Gasteiger partial charge in [-0.25, -0.2) is 0 Å². The summed E-state index contributed by atoms with van der Waals surface area (Å²) >= 11 is 0. The van der Waals surface area contributed by atoms with Crippen LogP contribution in [0.2, 0.25) is 0 Å². The maximum atomic E-state index is 13.2. The van der Waals surface area contributed by atoms with Gasteiger partial charge in [-0.05, 0) is 31.2 Å². The summed E-state index contributed by atoms with van der Waals surface area (Å²) in [6.07, 6.45) is 5.40. The van der Waals surface area contributed by atoms with Gasteiger partial charge in [-0.15, -0.1) is 0 Å². The molecule has 3 heterocycles. The van der Waals surface area contributed by atoms with Gasteiger partial charge in [-0.3, -0.25) is 9.69 Å². The molecule has 2 atom stereocenters. The summed E-state index contributed by atoms with van der Waals surface area (Å²) in [6.45, 7) is 2.28. The number of benzene rings is 2. The van der Waals surface area contributed by atoms with Crippen LogP contribution in [0.15, 0.2) is 54.6 Å². The molecule has 3 saturated heterocycles. The molecule has 2 aromatic carbocycles. The van der Waals surface area contributed by atoms with Gasteiger partial charge >= 0.3 is 0 Å². The number of carbonyl (C=O) groups excluding carboxylic acids is 1. The fourth-order valence-electron chi connectivity index (χ4n) is 5.34. The molecule has 0 N–H and O–H groups in total. The van der Waals surface area contributed by atoms with E-state index in [0.717, 1.165) is 30.5 Å². The number of hydrogen-bond donors (Lipinski definition) is 0. The summed E-state index contributed by atoms with van der Waals surface area (Å²) in [4.78, 5) is 15.9. The summed E-state index contributed by atoms with van der Waals surface area (Å²) in [5.74, 6) is 0.447. The van der Waals surface area contributed by atoms with Crippen molar-refractivity contribution >= 4 is 5.78 Å².